The molecule has 0 radical (unpaired) electrons. The normalized spacial score (nSPS) is 17.5. The van der Waals surface area contributed by atoms with E-state index in [9.17, 15) is 4.79 Å². The fourth-order valence-corrected chi connectivity index (χ4v) is 3.57. The zero-order valence-electron chi connectivity index (χ0n) is 15.1. The number of hydrogen-bond acceptors (Lipinski definition) is 4. The Morgan fingerprint density at radius 2 is 2.12 bits per heavy atom. The van der Waals surface area contributed by atoms with E-state index in [1.54, 1.807) is 4.68 Å². The first-order valence-electron chi connectivity index (χ1n) is 9.02. The Balaban J connectivity index is 1.51. The van der Waals surface area contributed by atoms with Crippen LogP contribution in [-0.2, 0) is 7.05 Å². The Morgan fingerprint density at radius 1 is 1.27 bits per heavy atom. The molecule has 6 nitrogen and oxygen atoms in total. The summed E-state index contributed by atoms with van der Waals surface area (Å²) in [7, 11) is 1.85. The Hall–Kier alpha value is -2.89. The highest BCUT2D eigenvalue weighted by atomic mass is 16.2. The molecule has 1 amide bonds. The van der Waals surface area contributed by atoms with Gasteiger partial charge in [0.15, 0.2) is 0 Å². The monoisotopic (exact) mass is 349 g/mol. The summed E-state index contributed by atoms with van der Waals surface area (Å²) in [6.45, 7) is 3.66. The van der Waals surface area contributed by atoms with Gasteiger partial charge in [-0.2, -0.15) is 5.10 Å². The van der Waals surface area contributed by atoms with Gasteiger partial charge in [0.25, 0.3) is 5.91 Å². The molecule has 4 rings (SSSR count). The highest BCUT2D eigenvalue weighted by molar-refractivity contribution is 5.93. The van der Waals surface area contributed by atoms with Crippen molar-refractivity contribution in [1.82, 2.24) is 20.1 Å². The smallest absolute Gasteiger partial charge is 0.272 e. The van der Waals surface area contributed by atoms with Gasteiger partial charge >= 0.3 is 0 Å². The lowest BCUT2D eigenvalue weighted by Crippen LogP contribution is -2.48. The summed E-state index contributed by atoms with van der Waals surface area (Å²) in [5, 5.41) is 9.75. The van der Waals surface area contributed by atoms with Crippen LogP contribution in [0, 0.1) is 6.92 Å². The number of carbonyl (C=O) groups excluding carboxylic acids is 1. The van der Waals surface area contributed by atoms with E-state index in [0.717, 1.165) is 42.8 Å². The summed E-state index contributed by atoms with van der Waals surface area (Å²) in [4.78, 5) is 19.4. The van der Waals surface area contributed by atoms with Crippen molar-refractivity contribution in [3.63, 3.8) is 0 Å². The second kappa shape index (κ2) is 6.78. The largest absolute Gasteiger partial charge is 0.354 e. The third kappa shape index (κ3) is 3.14. The maximum atomic E-state index is 12.5. The third-order valence-corrected chi connectivity index (χ3v) is 5.06. The number of pyridine rings is 1. The van der Waals surface area contributed by atoms with Crippen molar-refractivity contribution in [2.24, 2.45) is 7.05 Å². The van der Waals surface area contributed by atoms with E-state index in [1.807, 2.05) is 44.4 Å². The lowest BCUT2D eigenvalue weighted by Gasteiger charge is -2.34. The van der Waals surface area contributed by atoms with Crippen molar-refractivity contribution in [1.29, 1.82) is 0 Å². The summed E-state index contributed by atoms with van der Waals surface area (Å²) in [5.74, 6) is 0.891. The molecule has 1 N–H and O–H groups in total. The number of rotatable bonds is 3. The molecule has 3 aromatic rings. The standard InChI is InChI=1S/C20H23N5O/c1-14-12-18(23-24(14)2)20(26)22-16-7-5-11-25(13-16)19-17-8-4-3-6-15(17)9-10-21-19/h3-4,6,8-10,12,16H,5,7,11,13H2,1-2H3,(H,22,26). The van der Waals surface area contributed by atoms with Crippen LogP contribution in [0.2, 0.25) is 0 Å². The number of nitrogens with zero attached hydrogens (tertiary/aromatic N) is 4. The number of piperidine rings is 1. The van der Waals surface area contributed by atoms with Gasteiger partial charge in [0.1, 0.15) is 11.5 Å². The molecule has 1 aliphatic rings. The van der Waals surface area contributed by atoms with Crippen molar-refractivity contribution < 1.29 is 4.79 Å². The van der Waals surface area contributed by atoms with E-state index in [1.165, 1.54) is 5.39 Å². The number of nitrogens with one attached hydrogen (secondary N) is 1. The maximum absolute atomic E-state index is 12.5. The van der Waals surface area contributed by atoms with E-state index >= 15 is 0 Å². The zero-order chi connectivity index (χ0) is 18.1. The quantitative estimate of drug-likeness (QED) is 0.790. The number of aryl methyl sites for hydroxylation is 2. The van der Waals surface area contributed by atoms with E-state index in [0.29, 0.717) is 5.69 Å². The summed E-state index contributed by atoms with van der Waals surface area (Å²) in [6.07, 6.45) is 3.85. The molecule has 26 heavy (non-hydrogen) atoms. The molecule has 0 aliphatic carbocycles. The van der Waals surface area contributed by atoms with Crippen molar-refractivity contribution in [2.75, 3.05) is 18.0 Å². The highest BCUT2D eigenvalue weighted by Gasteiger charge is 2.24. The van der Waals surface area contributed by atoms with Crippen molar-refractivity contribution in [3.8, 4) is 0 Å². The van der Waals surface area contributed by atoms with Crippen molar-refractivity contribution >= 4 is 22.5 Å². The van der Waals surface area contributed by atoms with E-state index in [4.69, 9.17) is 0 Å². The lowest BCUT2D eigenvalue weighted by atomic mass is 10.0. The third-order valence-electron chi connectivity index (χ3n) is 5.06. The minimum absolute atomic E-state index is 0.0966. The molecule has 1 atom stereocenters. The van der Waals surface area contributed by atoms with Crippen LogP contribution in [0.4, 0.5) is 5.82 Å². The van der Waals surface area contributed by atoms with Crippen molar-refractivity contribution in [3.05, 3.63) is 54.0 Å². The number of fused-ring (bicyclic) bond motifs is 1. The number of carbonyl (C=O) groups is 1. The van der Waals surface area contributed by atoms with E-state index in [2.05, 4.69) is 32.4 Å². The Kier molecular flexibility index (Phi) is 4.32. The van der Waals surface area contributed by atoms with Gasteiger partial charge in [0, 0.05) is 43.5 Å². The number of aromatic nitrogens is 3. The van der Waals surface area contributed by atoms with Crippen LogP contribution in [0.5, 0.6) is 0 Å². The van der Waals surface area contributed by atoms with Gasteiger partial charge in [-0.3, -0.25) is 9.48 Å². The topological polar surface area (TPSA) is 63.1 Å². The number of hydrogen-bond donors (Lipinski definition) is 1. The van der Waals surface area contributed by atoms with Crippen LogP contribution in [0.15, 0.2) is 42.6 Å². The molecule has 1 saturated heterocycles. The molecule has 1 unspecified atom stereocenters. The van der Waals surface area contributed by atoms with Crippen LogP contribution in [0.3, 0.4) is 0 Å². The van der Waals surface area contributed by atoms with Crippen LogP contribution in [0.1, 0.15) is 29.0 Å². The predicted molar refractivity (Wildman–Crippen MR) is 102 cm³/mol. The van der Waals surface area contributed by atoms with Gasteiger partial charge in [0.2, 0.25) is 0 Å². The average Bonchev–Trinajstić information content (AvgIpc) is 3.00. The molecule has 134 valence electrons. The molecular formula is C20H23N5O. The summed E-state index contributed by atoms with van der Waals surface area (Å²) in [6, 6.07) is 12.2. The minimum atomic E-state index is -0.105. The molecule has 0 saturated carbocycles. The predicted octanol–water partition coefficient (Wildman–Crippen LogP) is 2.68. The second-order valence-corrected chi connectivity index (χ2v) is 6.91. The van der Waals surface area contributed by atoms with Gasteiger partial charge in [0.05, 0.1) is 0 Å². The van der Waals surface area contributed by atoms with E-state index < -0.39 is 0 Å². The van der Waals surface area contributed by atoms with Gasteiger partial charge in [-0.15, -0.1) is 0 Å². The first kappa shape index (κ1) is 16.6. The fraction of sp³-hybridized carbons (Fsp3) is 0.350. The van der Waals surface area contributed by atoms with Crippen LogP contribution >= 0.6 is 0 Å². The fourth-order valence-electron chi connectivity index (χ4n) is 3.57. The molecule has 3 heterocycles. The molecule has 1 aromatic carbocycles. The van der Waals surface area contributed by atoms with Crippen LogP contribution < -0.4 is 10.2 Å². The molecule has 0 bridgehead atoms. The molecule has 1 fully saturated rings. The maximum Gasteiger partial charge on any atom is 0.272 e. The Morgan fingerprint density at radius 3 is 2.92 bits per heavy atom. The summed E-state index contributed by atoms with van der Waals surface area (Å²) < 4.78 is 1.72. The molecule has 2 aromatic heterocycles. The SMILES string of the molecule is Cc1cc(C(=O)NC2CCCN(c3nccc4ccccc34)C2)nn1C. The Bertz CT molecular complexity index is 924. The second-order valence-electron chi connectivity index (χ2n) is 6.91. The molecule has 6 heteroatoms. The number of anilines is 1. The average molecular weight is 349 g/mol. The van der Waals surface area contributed by atoms with Gasteiger partial charge in [-0.05, 0) is 37.3 Å². The first-order chi connectivity index (χ1) is 12.6. The van der Waals surface area contributed by atoms with Crippen molar-refractivity contribution in [2.45, 2.75) is 25.8 Å². The molecule has 0 spiro atoms. The first-order valence-corrected chi connectivity index (χ1v) is 9.02. The lowest BCUT2D eigenvalue weighted by molar-refractivity contribution is 0.0927. The molecular weight excluding hydrogens is 326 g/mol. The summed E-state index contributed by atoms with van der Waals surface area (Å²) >= 11 is 0. The minimum Gasteiger partial charge on any atom is -0.354 e. The van der Waals surface area contributed by atoms with Gasteiger partial charge < -0.3 is 10.2 Å². The highest BCUT2D eigenvalue weighted by Crippen LogP contribution is 2.26. The van der Waals surface area contributed by atoms with Crippen LogP contribution in [-0.4, -0.2) is 39.8 Å². The zero-order valence-corrected chi connectivity index (χ0v) is 15.1. The number of benzene rings is 1. The van der Waals surface area contributed by atoms with Crippen LogP contribution in [0.25, 0.3) is 10.8 Å². The van der Waals surface area contributed by atoms with Gasteiger partial charge in [-0.1, -0.05) is 24.3 Å². The molecule has 1 aliphatic heterocycles. The van der Waals surface area contributed by atoms with Gasteiger partial charge in [-0.25, -0.2) is 4.98 Å². The van der Waals surface area contributed by atoms with E-state index in [-0.39, 0.29) is 11.9 Å². The summed E-state index contributed by atoms with van der Waals surface area (Å²) in [5.41, 5.74) is 1.45. The Labute approximate surface area is 152 Å². The number of amides is 1.